The van der Waals surface area contributed by atoms with Crippen molar-refractivity contribution in [3.63, 3.8) is 0 Å². The number of nitrogens with one attached hydrogen (secondary N) is 1. The highest BCUT2D eigenvalue weighted by molar-refractivity contribution is 14.1. The quantitative estimate of drug-likeness (QED) is 0.568. The molecule has 4 heteroatoms. The number of benzene rings is 2. The summed E-state index contributed by atoms with van der Waals surface area (Å²) in [6.45, 7) is 6.21. The zero-order valence-electron chi connectivity index (χ0n) is 12.2. The minimum absolute atomic E-state index is 0.636. The number of ether oxygens (including phenoxy) is 1. The Labute approximate surface area is 148 Å². The molecule has 0 radical (unpaired) electrons. The topological polar surface area (TPSA) is 21.3 Å². The monoisotopic (exact) mass is 459 g/mol. The molecule has 0 atom stereocenters. The Morgan fingerprint density at radius 1 is 1.14 bits per heavy atom. The predicted octanol–water partition coefficient (Wildman–Crippen LogP) is 5.59. The summed E-state index contributed by atoms with van der Waals surface area (Å²) in [5.74, 6) is 2.43. The summed E-state index contributed by atoms with van der Waals surface area (Å²) >= 11 is 5.83. The van der Waals surface area contributed by atoms with Crippen molar-refractivity contribution in [3.8, 4) is 11.5 Å². The van der Waals surface area contributed by atoms with Crippen molar-refractivity contribution in [1.29, 1.82) is 0 Å². The fourth-order valence-corrected chi connectivity index (χ4v) is 2.83. The van der Waals surface area contributed by atoms with Crippen molar-refractivity contribution in [1.82, 2.24) is 5.32 Å². The molecule has 0 aliphatic rings. The predicted molar refractivity (Wildman–Crippen MR) is 99.9 cm³/mol. The molecule has 0 amide bonds. The van der Waals surface area contributed by atoms with E-state index < -0.39 is 0 Å². The van der Waals surface area contributed by atoms with Crippen LogP contribution in [0.1, 0.15) is 19.4 Å². The number of hydrogen-bond donors (Lipinski definition) is 1. The summed E-state index contributed by atoms with van der Waals surface area (Å²) in [4.78, 5) is 0. The first kappa shape index (κ1) is 16.8. The van der Waals surface area contributed by atoms with E-state index in [1.165, 1.54) is 0 Å². The van der Waals surface area contributed by atoms with Crippen LogP contribution < -0.4 is 10.1 Å². The Balaban J connectivity index is 2.16. The van der Waals surface area contributed by atoms with Crippen LogP contribution in [0.3, 0.4) is 0 Å². The van der Waals surface area contributed by atoms with Gasteiger partial charge in [-0.3, -0.25) is 0 Å². The summed E-state index contributed by atoms with van der Waals surface area (Å²) in [6.07, 6.45) is 0. The molecule has 0 heterocycles. The fourth-order valence-electron chi connectivity index (χ4n) is 1.93. The third-order valence-corrected chi connectivity index (χ3v) is 4.33. The SMILES string of the molecule is CC(C)CNCc1cc(Br)ccc1Oc1ccccc1I. The van der Waals surface area contributed by atoms with E-state index in [0.29, 0.717) is 5.92 Å². The van der Waals surface area contributed by atoms with E-state index in [1.54, 1.807) is 0 Å². The summed E-state index contributed by atoms with van der Waals surface area (Å²) in [7, 11) is 0. The van der Waals surface area contributed by atoms with Crippen molar-refractivity contribution in [2.45, 2.75) is 20.4 Å². The number of para-hydroxylation sites is 1. The van der Waals surface area contributed by atoms with Crippen molar-refractivity contribution in [2.24, 2.45) is 5.92 Å². The van der Waals surface area contributed by atoms with Gasteiger partial charge in [0.05, 0.1) is 3.57 Å². The van der Waals surface area contributed by atoms with Crippen molar-refractivity contribution >= 4 is 38.5 Å². The smallest absolute Gasteiger partial charge is 0.140 e. The average molecular weight is 460 g/mol. The Kier molecular flexibility index (Phi) is 6.51. The Morgan fingerprint density at radius 2 is 1.90 bits per heavy atom. The lowest BCUT2D eigenvalue weighted by molar-refractivity contribution is 0.466. The molecule has 21 heavy (non-hydrogen) atoms. The van der Waals surface area contributed by atoms with Crippen LogP contribution in [0.4, 0.5) is 0 Å². The van der Waals surface area contributed by atoms with Gasteiger partial charge in [0.1, 0.15) is 11.5 Å². The van der Waals surface area contributed by atoms with Gasteiger partial charge in [0.15, 0.2) is 0 Å². The van der Waals surface area contributed by atoms with E-state index in [2.05, 4.69) is 63.8 Å². The van der Waals surface area contributed by atoms with Crippen LogP contribution in [0.25, 0.3) is 0 Å². The molecule has 112 valence electrons. The van der Waals surface area contributed by atoms with Gasteiger partial charge in [-0.2, -0.15) is 0 Å². The van der Waals surface area contributed by atoms with Crippen LogP contribution in [-0.2, 0) is 6.54 Å². The Hall–Kier alpha value is -0.590. The molecule has 0 spiro atoms. The maximum absolute atomic E-state index is 6.08. The summed E-state index contributed by atoms with van der Waals surface area (Å²) in [6, 6.07) is 14.2. The Morgan fingerprint density at radius 3 is 2.62 bits per heavy atom. The zero-order chi connectivity index (χ0) is 15.2. The molecular weight excluding hydrogens is 441 g/mol. The number of rotatable bonds is 6. The maximum Gasteiger partial charge on any atom is 0.140 e. The van der Waals surface area contributed by atoms with E-state index in [9.17, 15) is 0 Å². The highest BCUT2D eigenvalue weighted by Gasteiger charge is 2.08. The van der Waals surface area contributed by atoms with Gasteiger partial charge in [-0.1, -0.05) is 41.9 Å². The van der Waals surface area contributed by atoms with Gasteiger partial charge in [0.2, 0.25) is 0 Å². The van der Waals surface area contributed by atoms with Crippen LogP contribution >= 0.6 is 38.5 Å². The largest absolute Gasteiger partial charge is 0.456 e. The fraction of sp³-hybridized carbons (Fsp3) is 0.294. The molecular formula is C17H19BrINO. The molecule has 0 fully saturated rings. The zero-order valence-corrected chi connectivity index (χ0v) is 15.9. The number of hydrogen-bond acceptors (Lipinski definition) is 2. The van der Waals surface area contributed by atoms with Crippen LogP contribution in [0, 0.1) is 9.49 Å². The van der Waals surface area contributed by atoms with Gasteiger partial charge < -0.3 is 10.1 Å². The summed E-state index contributed by atoms with van der Waals surface area (Å²) in [5.41, 5.74) is 1.16. The van der Waals surface area contributed by atoms with E-state index in [1.807, 2.05) is 36.4 Å². The minimum Gasteiger partial charge on any atom is -0.456 e. The van der Waals surface area contributed by atoms with Crippen molar-refractivity contribution in [3.05, 3.63) is 56.1 Å². The lowest BCUT2D eigenvalue weighted by atomic mass is 10.2. The van der Waals surface area contributed by atoms with E-state index in [-0.39, 0.29) is 0 Å². The van der Waals surface area contributed by atoms with Crippen LogP contribution in [0.2, 0.25) is 0 Å². The molecule has 0 saturated heterocycles. The first-order valence-corrected chi connectivity index (χ1v) is 8.85. The van der Waals surface area contributed by atoms with E-state index in [0.717, 1.165) is 38.2 Å². The molecule has 1 N–H and O–H groups in total. The second-order valence-electron chi connectivity index (χ2n) is 5.31. The molecule has 0 aliphatic heterocycles. The molecule has 2 aromatic carbocycles. The number of halogens is 2. The summed E-state index contributed by atoms with van der Waals surface area (Å²) in [5, 5.41) is 3.47. The minimum atomic E-state index is 0.636. The molecule has 0 bridgehead atoms. The van der Waals surface area contributed by atoms with Crippen molar-refractivity contribution in [2.75, 3.05) is 6.54 Å². The van der Waals surface area contributed by atoms with Gasteiger partial charge >= 0.3 is 0 Å². The van der Waals surface area contributed by atoms with Crippen LogP contribution in [0.5, 0.6) is 11.5 Å². The molecule has 2 aromatic rings. The van der Waals surface area contributed by atoms with Gasteiger partial charge in [-0.05, 0) is 65.4 Å². The molecule has 2 rings (SSSR count). The molecule has 0 aromatic heterocycles. The average Bonchev–Trinajstić information content (AvgIpc) is 2.43. The van der Waals surface area contributed by atoms with Crippen molar-refractivity contribution < 1.29 is 4.74 Å². The highest BCUT2D eigenvalue weighted by atomic mass is 127. The molecule has 2 nitrogen and oxygen atoms in total. The lowest BCUT2D eigenvalue weighted by Crippen LogP contribution is -2.19. The maximum atomic E-state index is 6.08. The van der Waals surface area contributed by atoms with Crippen LogP contribution in [-0.4, -0.2) is 6.54 Å². The first-order valence-electron chi connectivity index (χ1n) is 6.98. The molecule has 0 unspecified atom stereocenters. The van der Waals surface area contributed by atoms with Gasteiger partial charge in [-0.25, -0.2) is 0 Å². The Bertz CT molecular complexity index is 601. The summed E-state index contributed by atoms with van der Waals surface area (Å²) < 4.78 is 8.26. The third kappa shape index (κ3) is 5.27. The second-order valence-corrected chi connectivity index (χ2v) is 7.39. The first-order chi connectivity index (χ1) is 10.1. The lowest BCUT2D eigenvalue weighted by Gasteiger charge is -2.14. The highest BCUT2D eigenvalue weighted by Crippen LogP contribution is 2.30. The normalized spacial score (nSPS) is 10.9. The van der Waals surface area contributed by atoms with E-state index >= 15 is 0 Å². The van der Waals surface area contributed by atoms with Crippen LogP contribution in [0.15, 0.2) is 46.9 Å². The van der Waals surface area contributed by atoms with Gasteiger partial charge in [-0.15, -0.1) is 0 Å². The standard InChI is InChI=1S/C17H19BrINO/c1-12(2)10-20-11-13-9-14(18)7-8-16(13)21-17-6-4-3-5-15(17)19/h3-9,12,20H,10-11H2,1-2H3. The molecule has 0 aliphatic carbocycles. The third-order valence-electron chi connectivity index (χ3n) is 2.95. The second kappa shape index (κ2) is 8.15. The van der Waals surface area contributed by atoms with E-state index in [4.69, 9.17) is 4.74 Å². The van der Waals surface area contributed by atoms with Gasteiger partial charge in [0.25, 0.3) is 0 Å². The van der Waals surface area contributed by atoms with Gasteiger partial charge in [0, 0.05) is 16.6 Å². The molecule has 0 saturated carbocycles.